The predicted molar refractivity (Wildman–Crippen MR) is 80.9 cm³/mol. The number of carbonyl (C=O) groups excluding carboxylic acids is 1. The minimum atomic E-state index is -0.958. The zero-order valence-electron chi connectivity index (χ0n) is 11.4. The smallest absolute Gasteiger partial charge is 0.335 e. The van der Waals surface area contributed by atoms with Gasteiger partial charge in [-0.15, -0.1) is 11.3 Å². The van der Waals surface area contributed by atoms with Crippen LogP contribution in [0.1, 0.15) is 15.9 Å². The zero-order valence-corrected chi connectivity index (χ0v) is 12.3. The number of nitrogens with zero attached hydrogens (tertiary/aromatic N) is 2. The fourth-order valence-electron chi connectivity index (χ4n) is 1.81. The Morgan fingerprint density at radius 3 is 2.81 bits per heavy atom. The first-order valence-corrected chi connectivity index (χ1v) is 7.18. The Morgan fingerprint density at radius 1 is 1.38 bits per heavy atom. The van der Waals surface area contributed by atoms with E-state index in [0.717, 1.165) is 0 Å². The van der Waals surface area contributed by atoms with Crippen molar-refractivity contribution in [2.45, 2.75) is 6.42 Å². The van der Waals surface area contributed by atoms with Crippen molar-refractivity contribution in [3.05, 3.63) is 47.0 Å². The monoisotopic (exact) mass is 305 g/mol. The van der Waals surface area contributed by atoms with E-state index >= 15 is 0 Å². The maximum atomic E-state index is 11.9. The van der Waals surface area contributed by atoms with Gasteiger partial charge in [0.1, 0.15) is 0 Å². The molecule has 110 valence electrons. The highest BCUT2D eigenvalue weighted by molar-refractivity contribution is 7.13. The maximum Gasteiger partial charge on any atom is 0.335 e. The molecule has 2 rings (SSSR count). The summed E-state index contributed by atoms with van der Waals surface area (Å²) in [5, 5.41) is 14.1. The van der Waals surface area contributed by atoms with E-state index in [1.54, 1.807) is 42.9 Å². The summed E-state index contributed by atoms with van der Waals surface area (Å²) in [5.74, 6) is -0.958. The van der Waals surface area contributed by atoms with Gasteiger partial charge in [-0.25, -0.2) is 14.6 Å². The lowest BCUT2D eigenvalue weighted by Gasteiger charge is -2.17. The number of rotatable bonds is 5. The van der Waals surface area contributed by atoms with Gasteiger partial charge in [-0.3, -0.25) is 5.32 Å². The lowest BCUT2D eigenvalue weighted by Crippen LogP contribution is -2.33. The molecule has 7 heteroatoms. The molecule has 2 aromatic rings. The van der Waals surface area contributed by atoms with Crippen molar-refractivity contribution in [3.63, 3.8) is 0 Å². The molecule has 21 heavy (non-hydrogen) atoms. The van der Waals surface area contributed by atoms with E-state index in [4.69, 9.17) is 5.11 Å². The van der Waals surface area contributed by atoms with Gasteiger partial charge in [0.25, 0.3) is 0 Å². The van der Waals surface area contributed by atoms with Crippen LogP contribution < -0.4 is 5.32 Å². The minimum Gasteiger partial charge on any atom is -0.478 e. The van der Waals surface area contributed by atoms with Crippen LogP contribution in [0, 0.1) is 0 Å². The lowest BCUT2D eigenvalue weighted by molar-refractivity contribution is 0.0695. The van der Waals surface area contributed by atoms with Gasteiger partial charge in [0.15, 0.2) is 5.13 Å². The number of thiazole rings is 1. The number of hydrogen-bond acceptors (Lipinski definition) is 4. The normalized spacial score (nSPS) is 10.1. The van der Waals surface area contributed by atoms with E-state index in [-0.39, 0.29) is 11.6 Å². The van der Waals surface area contributed by atoms with Crippen molar-refractivity contribution in [2.24, 2.45) is 0 Å². The molecule has 2 N–H and O–H groups in total. The number of carbonyl (C=O) groups is 2. The van der Waals surface area contributed by atoms with E-state index < -0.39 is 5.97 Å². The molecule has 0 unspecified atom stereocenters. The van der Waals surface area contributed by atoms with Gasteiger partial charge >= 0.3 is 12.0 Å². The van der Waals surface area contributed by atoms with Crippen molar-refractivity contribution < 1.29 is 14.7 Å². The SMILES string of the molecule is CN(CCc1ccccc1C(=O)O)C(=O)Nc1nccs1. The van der Waals surface area contributed by atoms with Crippen molar-refractivity contribution in [3.8, 4) is 0 Å². The molecule has 0 aliphatic carbocycles. The largest absolute Gasteiger partial charge is 0.478 e. The van der Waals surface area contributed by atoms with Gasteiger partial charge in [-0.05, 0) is 18.1 Å². The first-order valence-electron chi connectivity index (χ1n) is 6.30. The molecule has 0 saturated heterocycles. The third-order valence-corrected chi connectivity index (χ3v) is 3.65. The Balaban J connectivity index is 1.93. The van der Waals surface area contributed by atoms with Crippen molar-refractivity contribution in [1.29, 1.82) is 0 Å². The van der Waals surface area contributed by atoms with Gasteiger partial charge in [-0.1, -0.05) is 18.2 Å². The standard InChI is InChI=1S/C14H15N3O3S/c1-17(14(20)16-13-15-7-9-21-13)8-6-10-4-2-3-5-11(10)12(18)19/h2-5,7,9H,6,8H2,1H3,(H,18,19)(H,15,16,20). The van der Waals surface area contributed by atoms with Gasteiger partial charge in [0.05, 0.1) is 5.56 Å². The molecule has 0 spiro atoms. The highest BCUT2D eigenvalue weighted by Gasteiger charge is 2.13. The molecule has 1 aromatic heterocycles. The third kappa shape index (κ3) is 4.03. The molecule has 0 fully saturated rings. The number of aromatic nitrogens is 1. The van der Waals surface area contributed by atoms with Gasteiger partial charge in [0.2, 0.25) is 0 Å². The molecule has 2 amide bonds. The average molecular weight is 305 g/mol. The summed E-state index contributed by atoms with van der Waals surface area (Å²) in [6.07, 6.45) is 2.09. The molecule has 0 radical (unpaired) electrons. The third-order valence-electron chi connectivity index (χ3n) is 2.96. The summed E-state index contributed by atoms with van der Waals surface area (Å²) in [6, 6.07) is 6.53. The number of hydrogen-bond donors (Lipinski definition) is 2. The predicted octanol–water partition coefficient (Wildman–Crippen LogP) is 2.55. The van der Waals surface area contributed by atoms with Gasteiger partial charge < -0.3 is 10.0 Å². The number of likely N-dealkylation sites (N-methyl/N-ethyl adjacent to an activating group) is 1. The summed E-state index contributed by atoms with van der Waals surface area (Å²) in [4.78, 5) is 28.5. The highest BCUT2D eigenvalue weighted by Crippen LogP contribution is 2.12. The second-order valence-electron chi connectivity index (χ2n) is 4.40. The second-order valence-corrected chi connectivity index (χ2v) is 5.30. The second kappa shape index (κ2) is 6.85. The van der Waals surface area contributed by atoms with Crippen LogP contribution in [0.25, 0.3) is 0 Å². The van der Waals surface area contributed by atoms with Crippen LogP contribution in [0.5, 0.6) is 0 Å². The summed E-state index contributed by atoms with van der Waals surface area (Å²) in [7, 11) is 1.66. The Labute approximate surface area is 126 Å². The number of benzene rings is 1. The summed E-state index contributed by atoms with van der Waals surface area (Å²) < 4.78 is 0. The number of nitrogens with one attached hydrogen (secondary N) is 1. The Hall–Kier alpha value is -2.41. The maximum absolute atomic E-state index is 11.9. The molecular formula is C14H15N3O3S. The highest BCUT2D eigenvalue weighted by atomic mass is 32.1. The average Bonchev–Trinajstić information content (AvgIpc) is 2.97. The molecule has 0 aliphatic rings. The van der Waals surface area contributed by atoms with Crippen LogP contribution in [0.15, 0.2) is 35.8 Å². The van der Waals surface area contributed by atoms with E-state index in [0.29, 0.717) is 23.7 Å². The van der Waals surface area contributed by atoms with Crippen molar-refractivity contribution >= 4 is 28.5 Å². The van der Waals surface area contributed by atoms with E-state index in [1.807, 2.05) is 0 Å². The zero-order chi connectivity index (χ0) is 15.2. The van der Waals surface area contributed by atoms with Crippen LogP contribution in [0.3, 0.4) is 0 Å². The first kappa shape index (κ1) is 15.0. The van der Waals surface area contributed by atoms with E-state index in [1.165, 1.54) is 16.2 Å². The Bertz CT molecular complexity index is 628. The van der Waals surface area contributed by atoms with Crippen LogP contribution in [0.2, 0.25) is 0 Å². The van der Waals surface area contributed by atoms with Crippen LogP contribution in [-0.2, 0) is 6.42 Å². The Morgan fingerprint density at radius 2 is 2.14 bits per heavy atom. The minimum absolute atomic E-state index is 0.266. The molecule has 6 nitrogen and oxygen atoms in total. The fraction of sp³-hybridized carbons (Fsp3) is 0.214. The summed E-state index contributed by atoms with van der Waals surface area (Å²) >= 11 is 1.34. The first-order chi connectivity index (χ1) is 10.1. The van der Waals surface area contributed by atoms with E-state index in [9.17, 15) is 9.59 Å². The number of amides is 2. The number of carboxylic acid groups (broad SMARTS) is 1. The molecule has 1 heterocycles. The molecule has 0 bridgehead atoms. The Kier molecular flexibility index (Phi) is 4.89. The van der Waals surface area contributed by atoms with Crippen LogP contribution >= 0.6 is 11.3 Å². The van der Waals surface area contributed by atoms with Crippen LogP contribution in [-0.4, -0.2) is 40.6 Å². The number of carboxylic acids is 1. The molecular weight excluding hydrogens is 290 g/mol. The summed E-state index contributed by atoms with van der Waals surface area (Å²) in [5.41, 5.74) is 0.977. The van der Waals surface area contributed by atoms with Crippen molar-refractivity contribution in [2.75, 3.05) is 18.9 Å². The van der Waals surface area contributed by atoms with Crippen LogP contribution in [0.4, 0.5) is 9.93 Å². The van der Waals surface area contributed by atoms with Gasteiger partial charge in [0, 0.05) is 25.2 Å². The lowest BCUT2D eigenvalue weighted by atomic mass is 10.0. The van der Waals surface area contributed by atoms with Crippen molar-refractivity contribution in [1.82, 2.24) is 9.88 Å². The summed E-state index contributed by atoms with van der Waals surface area (Å²) in [6.45, 7) is 0.418. The van der Waals surface area contributed by atoms with Gasteiger partial charge in [-0.2, -0.15) is 0 Å². The molecule has 0 atom stereocenters. The molecule has 1 aromatic carbocycles. The molecule has 0 aliphatic heterocycles. The molecule has 0 saturated carbocycles. The quantitative estimate of drug-likeness (QED) is 0.889. The number of urea groups is 1. The fourth-order valence-corrected chi connectivity index (χ4v) is 2.33. The number of aromatic carboxylic acids is 1. The van der Waals surface area contributed by atoms with E-state index in [2.05, 4.69) is 10.3 Å². The number of anilines is 1. The topological polar surface area (TPSA) is 82.5 Å².